The molecule has 0 bridgehead atoms. The molecule has 0 radical (unpaired) electrons. The van der Waals surface area contributed by atoms with E-state index in [0.717, 1.165) is 11.1 Å². The molecule has 30 heavy (non-hydrogen) atoms. The summed E-state index contributed by atoms with van der Waals surface area (Å²) < 4.78 is 7.05. The number of nitrogens with zero attached hydrogens (tertiary/aromatic N) is 4. The smallest absolute Gasteiger partial charge is 0.339 e. The normalized spacial score (nSPS) is 10.7. The van der Waals surface area contributed by atoms with E-state index in [2.05, 4.69) is 10.1 Å². The van der Waals surface area contributed by atoms with Gasteiger partial charge in [-0.2, -0.15) is 5.10 Å². The summed E-state index contributed by atoms with van der Waals surface area (Å²) in [5, 5.41) is 15.5. The number of rotatable bonds is 6. The van der Waals surface area contributed by atoms with Crippen molar-refractivity contribution in [2.24, 2.45) is 0 Å². The molecule has 8 heteroatoms. The van der Waals surface area contributed by atoms with E-state index in [1.807, 2.05) is 60.7 Å². The monoisotopic (exact) mass is 400 g/mol. The molecule has 0 fully saturated rings. The highest BCUT2D eigenvalue weighted by molar-refractivity contribution is 5.91. The zero-order valence-corrected chi connectivity index (χ0v) is 15.7. The van der Waals surface area contributed by atoms with Crippen molar-refractivity contribution in [3.8, 4) is 5.69 Å². The Morgan fingerprint density at radius 1 is 0.967 bits per heavy atom. The zero-order chi connectivity index (χ0) is 20.9. The van der Waals surface area contributed by atoms with Crippen LogP contribution in [0.15, 0.2) is 91.5 Å². The van der Waals surface area contributed by atoms with Gasteiger partial charge in [0, 0.05) is 6.07 Å². The van der Waals surface area contributed by atoms with Crippen molar-refractivity contribution in [1.29, 1.82) is 0 Å². The molecule has 148 valence electrons. The third kappa shape index (κ3) is 3.93. The third-order valence-corrected chi connectivity index (χ3v) is 4.50. The molecule has 0 N–H and O–H groups in total. The molecule has 0 aliphatic rings. The van der Waals surface area contributed by atoms with Crippen LogP contribution in [0.3, 0.4) is 0 Å². The molecule has 1 heterocycles. The third-order valence-electron chi connectivity index (χ3n) is 4.50. The van der Waals surface area contributed by atoms with Crippen molar-refractivity contribution < 1.29 is 14.5 Å². The second-order valence-corrected chi connectivity index (χ2v) is 6.41. The largest absolute Gasteiger partial charge is 0.449 e. The van der Waals surface area contributed by atoms with E-state index in [9.17, 15) is 14.9 Å². The number of nitro benzene ring substituents is 1. The van der Waals surface area contributed by atoms with Crippen LogP contribution in [-0.4, -0.2) is 25.7 Å². The summed E-state index contributed by atoms with van der Waals surface area (Å²) in [6, 6.07) is 22.7. The Morgan fingerprint density at radius 2 is 1.60 bits per heavy atom. The number of carbonyl (C=O) groups excluding carboxylic acids is 1. The zero-order valence-electron chi connectivity index (χ0n) is 15.7. The fraction of sp³-hybridized carbons (Fsp3) is 0.0455. The van der Waals surface area contributed by atoms with Crippen molar-refractivity contribution >= 4 is 11.7 Å². The summed E-state index contributed by atoms with van der Waals surface area (Å²) in [6.07, 6.45) is 1.98. The van der Waals surface area contributed by atoms with Gasteiger partial charge in [-0.3, -0.25) is 10.1 Å². The maximum Gasteiger partial charge on any atom is 0.339 e. The van der Waals surface area contributed by atoms with Crippen LogP contribution in [0, 0.1) is 10.1 Å². The van der Waals surface area contributed by atoms with Crippen molar-refractivity contribution in [3.05, 3.63) is 118 Å². The number of aromatic nitrogens is 3. The molecule has 4 aromatic rings. The molecular formula is C22H16N4O4. The van der Waals surface area contributed by atoms with Gasteiger partial charge in [-0.25, -0.2) is 14.5 Å². The number of benzene rings is 3. The average Bonchev–Trinajstić information content (AvgIpc) is 3.33. The topological polar surface area (TPSA) is 100 Å². The first-order valence-electron chi connectivity index (χ1n) is 9.08. The lowest BCUT2D eigenvalue weighted by atomic mass is 10.0. The van der Waals surface area contributed by atoms with Crippen LogP contribution in [0.25, 0.3) is 5.69 Å². The molecule has 0 spiro atoms. The Labute approximate surface area is 171 Å². The fourth-order valence-electron chi connectivity index (χ4n) is 3.08. The molecule has 0 atom stereocenters. The highest BCUT2D eigenvalue weighted by Crippen LogP contribution is 2.29. The number of hydrogen-bond acceptors (Lipinski definition) is 6. The van der Waals surface area contributed by atoms with Crippen molar-refractivity contribution in [2.75, 3.05) is 0 Å². The van der Waals surface area contributed by atoms with Crippen LogP contribution >= 0.6 is 0 Å². The van der Waals surface area contributed by atoms with Gasteiger partial charge in [0.2, 0.25) is 0 Å². The van der Waals surface area contributed by atoms with Crippen molar-refractivity contribution in [2.45, 2.75) is 6.10 Å². The Hall–Kier alpha value is -4.33. The minimum atomic E-state index is -0.666. The minimum absolute atomic E-state index is 0.0717. The van der Waals surface area contributed by atoms with E-state index in [1.165, 1.54) is 35.5 Å². The second-order valence-electron chi connectivity index (χ2n) is 6.41. The molecule has 1 aromatic heterocycles. The van der Waals surface area contributed by atoms with Crippen LogP contribution in [-0.2, 0) is 4.74 Å². The molecule has 0 aliphatic carbocycles. The molecule has 4 rings (SSSR count). The number of nitro groups is 1. The average molecular weight is 400 g/mol. The molecule has 0 aliphatic heterocycles. The summed E-state index contributed by atoms with van der Waals surface area (Å²) in [7, 11) is 0. The van der Waals surface area contributed by atoms with E-state index in [4.69, 9.17) is 4.74 Å². The summed E-state index contributed by atoms with van der Waals surface area (Å²) >= 11 is 0. The quantitative estimate of drug-likeness (QED) is 0.274. The van der Waals surface area contributed by atoms with Crippen LogP contribution < -0.4 is 0 Å². The lowest BCUT2D eigenvalue weighted by Crippen LogP contribution is -2.13. The van der Waals surface area contributed by atoms with E-state index in [1.54, 1.807) is 0 Å². The number of esters is 1. The maximum atomic E-state index is 12.9. The van der Waals surface area contributed by atoms with Crippen molar-refractivity contribution in [3.63, 3.8) is 0 Å². The number of carbonyl (C=O) groups is 1. The highest BCUT2D eigenvalue weighted by atomic mass is 16.6. The maximum absolute atomic E-state index is 12.9. The summed E-state index contributed by atoms with van der Waals surface area (Å²) in [6.45, 7) is 0. The lowest BCUT2D eigenvalue weighted by Gasteiger charge is -2.19. The van der Waals surface area contributed by atoms with Gasteiger partial charge in [0.15, 0.2) is 6.10 Å². The van der Waals surface area contributed by atoms with Gasteiger partial charge >= 0.3 is 5.97 Å². The number of ether oxygens (including phenoxy) is 1. The Kier molecular flexibility index (Phi) is 5.29. The van der Waals surface area contributed by atoms with E-state index < -0.39 is 17.0 Å². The molecule has 3 aromatic carbocycles. The Morgan fingerprint density at radius 3 is 2.13 bits per heavy atom. The second kappa shape index (κ2) is 8.36. The van der Waals surface area contributed by atoms with Crippen LogP contribution in [0.5, 0.6) is 0 Å². The fourth-order valence-corrected chi connectivity index (χ4v) is 3.08. The summed E-state index contributed by atoms with van der Waals surface area (Å²) in [5.41, 5.74) is 1.60. The van der Waals surface area contributed by atoms with Gasteiger partial charge in [0.05, 0.1) is 10.5 Å². The number of hydrogen-bond donors (Lipinski definition) is 0. The first-order chi connectivity index (χ1) is 14.6. The van der Waals surface area contributed by atoms with E-state index in [-0.39, 0.29) is 16.9 Å². The standard InChI is InChI=1S/C22H16N4O4/c27-22(18-11-12-19(20(13-18)26(28)29)25-15-23-14-24-25)30-21(16-7-3-1-4-8-16)17-9-5-2-6-10-17/h1-15,21H. The first kappa shape index (κ1) is 19.0. The SMILES string of the molecule is O=C(OC(c1ccccc1)c1ccccc1)c1ccc(-n2cncn2)c([N+](=O)[O-])c1. The first-order valence-corrected chi connectivity index (χ1v) is 9.08. The van der Waals surface area contributed by atoms with Gasteiger partial charge in [-0.15, -0.1) is 0 Å². The molecule has 0 amide bonds. The predicted octanol–water partition coefficient (Wildman–Crippen LogP) is 4.12. The Balaban J connectivity index is 1.68. The molecular weight excluding hydrogens is 384 g/mol. The molecule has 8 nitrogen and oxygen atoms in total. The minimum Gasteiger partial charge on any atom is -0.449 e. The lowest BCUT2D eigenvalue weighted by molar-refractivity contribution is -0.384. The molecule has 0 saturated heterocycles. The van der Waals surface area contributed by atoms with Gasteiger partial charge in [0.1, 0.15) is 18.3 Å². The highest BCUT2D eigenvalue weighted by Gasteiger charge is 2.23. The van der Waals surface area contributed by atoms with Gasteiger partial charge in [-0.1, -0.05) is 60.7 Å². The van der Waals surface area contributed by atoms with Crippen LogP contribution in [0.2, 0.25) is 0 Å². The summed E-state index contributed by atoms with van der Waals surface area (Å²) in [5.74, 6) is -0.666. The van der Waals surface area contributed by atoms with Gasteiger partial charge in [0.25, 0.3) is 5.69 Å². The predicted molar refractivity (Wildman–Crippen MR) is 108 cm³/mol. The molecule has 0 saturated carbocycles. The summed E-state index contributed by atoms with van der Waals surface area (Å²) in [4.78, 5) is 27.7. The molecule has 0 unspecified atom stereocenters. The van der Waals surface area contributed by atoms with E-state index >= 15 is 0 Å². The van der Waals surface area contributed by atoms with Crippen LogP contribution in [0.4, 0.5) is 5.69 Å². The van der Waals surface area contributed by atoms with E-state index in [0.29, 0.717) is 0 Å². The van der Waals surface area contributed by atoms with Crippen LogP contribution in [0.1, 0.15) is 27.6 Å². The van der Waals surface area contributed by atoms with Gasteiger partial charge in [-0.05, 0) is 23.3 Å². The van der Waals surface area contributed by atoms with Crippen molar-refractivity contribution in [1.82, 2.24) is 14.8 Å². The van der Waals surface area contributed by atoms with Gasteiger partial charge < -0.3 is 4.74 Å². The Bertz CT molecular complexity index is 1120.